The van der Waals surface area contributed by atoms with Gasteiger partial charge in [-0.1, -0.05) is 30.7 Å². The summed E-state index contributed by atoms with van der Waals surface area (Å²) in [6, 6.07) is 16.7. The Morgan fingerprint density at radius 3 is 2.25 bits per heavy atom. The molecule has 0 bridgehead atoms. The molecule has 5 nitrogen and oxygen atoms in total. The lowest BCUT2D eigenvalue weighted by Gasteiger charge is -2.28. The van der Waals surface area contributed by atoms with E-state index in [4.69, 9.17) is 4.74 Å². The lowest BCUT2D eigenvalue weighted by Crippen LogP contribution is -2.33. The number of rotatable bonds is 9. The van der Waals surface area contributed by atoms with E-state index in [0.29, 0.717) is 11.4 Å². The highest BCUT2D eigenvalue weighted by Gasteiger charge is 2.26. The molecule has 0 spiro atoms. The molecule has 0 aliphatic heterocycles. The van der Waals surface area contributed by atoms with Crippen LogP contribution in [0.5, 0.6) is 0 Å². The summed E-state index contributed by atoms with van der Waals surface area (Å²) < 4.78 is 5.69. The summed E-state index contributed by atoms with van der Waals surface area (Å²) in [6.45, 7) is 9.93. The minimum Gasteiger partial charge on any atom is -0.443 e. The summed E-state index contributed by atoms with van der Waals surface area (Å²) in [4.78, 5) is 12.3. The molecule has 148 valence electrons. The van der Waals surface area contributed by atoms with Gasteiger partial charge in [-0.05, 0) is 75.9 Å². The number of amides is 1. The van der Waals surface area contributed by atoms with Gasteiger partial charge in [0.1, 0.15) is 5.60 Å². The molecule has 2 aromatic carbocycles. The quantitative estimate of drug-likeness (QED) is 0.361. The maximum absolute atomic E-state index is 12.3. The molecule has 1 N–H and O–H groups in total. The predicted molar refractivity (Wildman–Crippen MR) is 115 cm³/mol. The van der Waals surface area contributed by atoms with Crippen LogP contribution in [0, 0.1) is 0 Å². The largest absolute Gasteiger partial charge is 0.443 e. The Labute approximate surface area is 167 Å². The van der Waals surface area contributed by atoms with Crippen LogP contribution in [-0.4, -0.2) is 11.7 Å². The van der Waals surface area contributed by atoms with Crippen LogP contribution in [0.1, 0.15) is 46.5 Å². The molecule has 0 radical (unpaired) electrons. The zero-order valence-corrected chi connectivity index (χ0v) is 16.9. The zero-order chi connectivity index (χ0) is 20.4. The number of nitrogens with zero attached hydrogens (tertiary/aromatic N) is 2. The van der Waals surface area contributed by atoms with Gasteiger partial charge < -0.3 is 4.74 Å². The first-order chi connectivity index (χ1) is 13.4. The number of hydrogen-bond acceptors (Lipinski definition) is 4. The third-order valence-corrected chi connectivity index (χ3v) is 4.55. The van der Waals surface area contributed by atoms with Gasteiger partial charge in [-0.15, -0.1) is 6.58 Å². The first-order valence-electron chi connectivity index (χ1n) is 9.61. The molecule has 0 fully saturated rings. The van der Waals surface area contributed by atoms with Gasteiger partial charge in [0, 0.05) is 5.69 Å². The smallest absolute Gasteiger partial charge is 0.412 e. The molecule has 1 amide bonds. The molecule has 1 unspecified atom stereocenters. The van der Waals surface area contributed by atoms with Crippen molar-refractivity contribution in [2.75, 3.05) is 5.32 Å². The molecule has 5 heteroatoms. The summed E-state index contributed by atoms with van der Waals surface area (Å²) in [7, 11) is 0. The number of azo groups is 1. The van der Waals surface area contributed by atoms with Crippen molar-refractivity contribution in [1.82, 2.24) is 0 Å². The van der Waals surface area contributed by atoms with Gasteiger partial charge in [-0.2, -0.15) is 10.2 Å². The number of carbonyl (C=O) groups excluding carboxylic acids is 1. The molecule has 1 atom stereocenters. The first-order valence-corrected chi connectivity index (χ1v) is 9.61. The van der Waals surface area contributed by atoms with Crippen molar-refractivity contribution in [2.45, 2.75) is 52.1 Å². The van der Waals surface area contributed by atoms with Gasteiger partial charge >= 0.3 is 6.09 Å². The van der Waals surface area contributed by atoms with E-state index in [1.54, 1.807) is 24.3 Å². The Morgan fingerprint density at radius 2 is 1.68 bits per heavy atom. The zero-order valence-electron chi connectivity index (χ0n) is 16.9. The normalized spacial score (nSPS) is 13.1. The highest BCUT2D eigenvalue weighted by molar-refractivity contribution is 5.85. The summed E-state index contributed by atoms with van der Waals surface area (Å²) in [5.41, 5.74) is 2.82. The number of hydrogen-bond donors (Lipinski definition) is 1. The molecular weight excluding hydrogens is 350 g/mol. The van der Waals surface area contributed by atoms with Crippen LogP contribution in [0.25, 0.3) is 0 Å². The highest BCUT2D eigenvalue weighted by Crippen LogP contribution is 2.25. The van der Waals surface area contributed by atoms with Crippen molar-refractivity contribution >= 4 is 23.2 Å². The third kappa shape index (κ3) is 7.35. The van der Waals surface area contributed by atoms with E-state index in [-0.39, 0.29) is 0 Å². The minimum atomic E-state index is -0.483. The molecule has 0 aliphatic carbocycles. The van der Waals surface area contributed by atoms with Crippen LogP contribution in [-0.2, 0) is 4.74 Å². The second-order valence-corrected chi connectivity index (χ2v) is 7.21. The molecule has 0 aromatic heterocycles. The standard InChI is InChI=1S/C23H29N3O2/c1-5-23(4,17-9-10-18(2)3)28-22(27)24-19-13-15-21(16-14-19)26-25-20-11-7-6-8-12-20/h6-8,11-16H,2,5,9-10,17H2,1,3-4H3,(H,24,27). The molecule has 2 rings (SSSR count). The number of ether oxygens (including phenoxy) is 1. The van der Waals surface area contributed by atoms with Crippen molar-refractivity contribution in [1.29, 1.82) is 0 Å². The predicted octanol–water partition coefficient (Wildman–Crippen LogP) is 7.57. The van der Waals surface area contributed by atoms with Gasteiger partial charge in [0.05, 0.1) is 11.4 Å². The molecule has 0 saturated heterocycles. The Hall–Kier alpha value is -2.95. The second-order valence-electron chi connectivity index (χ2n) is 7.21. The number of anilines is 1. The van der Waals surface area contributed by atoms with Crippen molar-refractivity contribution in [3.05, 3.63) is 66.7 Å². The van der Waals surface area contributed by atoms with E-state index in [1.165, 1.54) is 0 Å². The molecule has 0 aliphatic rings. The van der Waals surface area contributed by atoms with E-state index in [9.17, 15) is 4.79 Å². The summed E-state index contributed by atoms with van der Waals surface area (Å²) in [5, 5.41) is 11.1. The monoisotopic (exact) mass is 379 g/mol. The maximum Gasteiger partial charge on any atom is 0.412 e. The van der Waals surface area contributed by atoms with E-state index >= 15 is 0 Å². The lowest BCUT2D eigenvalue weighted by molar-refractivity contribution is 0.0230. The van der Waals surface area contributed by atoms with Crippen LogP contribution in [0.15, 0.2) is 77.0 Å². The van der Waals surface area contributed by atoms with E-state index in [2.05, 4.69) is 22.1 Å². The average Bonchev–Trinajstić information content (AvgIpc) is 2.68. The first kappa shape index (κ1) is 21.4. The molecule has 0 heterocycles. The Bertz CT molecular complexity index is 800. The SMILES string of the molecule is C=C(C)CCCC(C)(CC)OC(=O)Nc1ccc(N=Nc2ccccc2)cc1. The Morgan fingerprint density at radius 1 is 1.07 bits per heavy atom. The fourth-order valence-corrected chi connectivity index (χ4v) is 2.65. The Kier molecular flexibility index (Phi) is 7.93. The summed E-state index contributed by atoms with van der Waals surface area (Å²) in [6.07, 6.45) is 3.02. The van der Waals surface area contributed by atoms with Crippen LogP contribution < -0.4 is 5.32 Å². The average molecular weight is 380 g/mol. The van der Waals surface area contributed by atoms with Crippen molar-refractivity contribution < 1.29 is 9.53 Å². The Balaban J connectivity index is 1.89. The highest BCUT2D eigenvalue weighted by atomic mass is 16.6. The summed E-state index contributed by atoms with van der Waals surface area (Å²) in [5.74, 6) is 0. The fraction of sp³-hybridized carbons (Fsp3) is 0.348. The minimum absolute atomic E-state index is 0.446. The lowest BCUT2D eigenvalue weighted by atomic mass is 9.95. The molecule has 28 heavy (non-hydrogen) atoms. The summed E-state index contributed by atoms with van der Waals surface area (Å²) >= 11 is 0. The van der Waals surface area contributed by atoms with Crippen LogP contribution >= 0.6 is 0 Å². The number of nitrogens with one attached hydrogen (secondary N) is 1. The van der Waals surface area contributed by atoms with E-state index in [1.807, 2.05) is 51.1 Å². The van der Waals surface area contributed by atoms with Gasteiger partial charge in [0.25, 0.3) is 0 Å². The van der Waals surface area contributed by atoms with Gasteiger partial charge in [0.2, 0.25) is 0 Å². The van der Waals surface area contributed by atoms with Crippen LogP contribution in [0.4, 0.5) is 21.9 Å². The topological polar surface area (TPSA) is 63.0 Å². The number of carbonyl (C=O) groups is 1. The second kappa shape index (κ2) is 10.4. The van der Waals surface area contributed by atoms with Crippen molar-refractivity contribution in [3.63, 3.8) is 0 Å². The number of allylic oxidation sites excluding steroid dienone is 1. The van der Waals surface area contributed by atoms with Gasteiger partial charge in [-0.25, -0.2) is 4.79 Å². The fourth-order valence-electron chi connectivity index (χ4n) is 2.65. The number of benzene rings is 2. The van der Waals surface area contributed by atoms with Crippen molar-refractivity contribution in [2.24, 2.45) is 10.2 Å². The van der Waals surface area contributed by atoms with Crippen molar-refractivity contribution in [3.8, 4) is 0 Å². The van der Waals surface area contributed by atoms with Crippen LogP contribution in [0.3, 0.4) is 0 Å². The molecular formula is C23H29N3O2. The maximum atomic E-state index is 12.3. The molecule has 2 aromatic rings. The molecule has 0 saturated carbocycles. The third-order valence-electron chi connectivity index (χ3n) is 4.55. The van der Waals surface area contributed by atoms with Gasteiger partial charge in [-0.3, -0.25) is 5.32 Å². The van der Waals surface area contributed by atoms with Gasteiger partial charge in [0.15, 0.2) is 0 Å². The van der Waals surface area contributed by atoms with E-state index < -0.39 is 11.7 Å². The van der Waals surface area contributed by atoms with Crippen LogP contribution in [0.2, 0.25) is 0 Å². The van der Waals surface area contributed by atoms with E-state index in [0.717, 1.165) is 36.9 Å².